The lowest BCUT2D eigenvalue weighted by Crippen LogP contribution is -2.43. The molecule has 7 nitrogen and oxygen atoms in total. The lowest BCUT2D eigenvalue weighted by atomic mass is 9.84. The van der Waals surface area contributed by atoms with Crippen LogP contribution in [0.2, 0.25) is 0 Å². The van der Waals surface area contributed by atoms with Gasteiger partial charge < -0.3 is 19.1 Å². The van der Waals surface area contributed by atoms with Gasteiger partial charge in [-0.25, -0.2) is 9.59 Å². The molecule has 1 saturated heterocycles. The van der Waals surface area contributed by atoms with Crippen molar-refractivity contribution in [2.24, 2.45) is 11.8 Å². The normalized spacial score (nSPS) is 16.9. The zero-order valence-electron chi connectivity index (χ0n) is 26.6. The third kappa shape index (κ3) is 8.50. The van der Waals surface area contributed by atoms with Crippen LogP contribution < -0.4 is 9.47 Å². The van der Waals surface area contributed by atoms with Crippen molar-refractivity contribution in [1.29, 1.82) is 0 Å². The van der Waals surface area contributed by atoms with Crippen LogP contribution >= 0.6 is 15.9 Å². The SMILES string of the molecule is Cc1cc(CCC2CN(C(=O)Oc3ccccc3)CC2C(=O)c2ccc(Br)cc2)cc(C)c1OC(C)(C)C(=O)OC(C)(C)C. The molecule has 1 amide bonds. The molecule has 0 N–H and O–H groups in total. The van der Waals surface area contributed by atoms with Crippen LogP contribution in [-0.4, -0.2) is 47.0 Å². The first kappa shape index (κ1) is 33.2. The van der Waals surface area contributed by atoms with Gasteiger partial charge in [0.25, 0.3) is 0 Å². The van der Waals surface area contributed by atoms with Crippen LogP contribution in [0.1, 0.15) is 68.1 Å². The van der Waals surface area contributed by atoms with Gasteiger partial charge in [0.2, 0.25) is 0 Å². The van der Waals surface area contributed by atoms with Crippen molar-refractivity contribution >= 4 is 33.8 Å². The number of para-hydroxylation sites is 1. The molecule has 1 fully saturated rings. The Morgan fingerprint density at radius 1 is 0.886 bits per heavy atom. The van der Waals surface area contributed by atoms with Gasteiger partial charge in [-0.1, -0.05) is 58.4 Å². The van der Waals surface area contributed by atoms with E-state index in [2.05, 4.69) is 28.1 Å². The molecular weight excluding hydrogens is 622 g/mol. The first-order valence-electron chi connectivity index (χ1n) is 15.0. The number of amides is 1. The minimum atomic E-state index is -1.16. The van der Waals surface area contributed by atoms with Crippen LogP contribution in [0.5, 0.6) is 11.5 Å². The van der Waals surface area contributed by atoms with E-state index in [9.17, 15) is 14.4 Å². The average Bonchev–Trinajstić information content (AvgIpc) is 3.38. The van der Waals surface area contributed by atoms with Gasteiger partial charge in [-0.3, -0.25) is 4.79 Å². The van der Waals surface area contributed by atoms with Gasteiger partial charge in [-0.2, -0.15) is 0 Å². The number of aryl methyl sites for hydroxylation is 3. The number of hydrogen-bond donors (Lipinski definition) is 0. The van der Waals surface area contributed by atoms with E-state index in [1.54, 1.807) is 30.9 Å². The average molecular weight is 665 g/mol. The minimum absolute atomic E-state index is 0.0259. The molecule has 1 aliphatic rings. The molecule has 1 heterocycles. The molecule has 0 radical (unpaired) electrons. The first-order chi connectivity index (χ1) is 20.6. The molecule has 1 aliphatic heterocycles. The Morgan fingerprint density at radius 3 is 2.09 bits per heavy atom. The van der Waals surface area contributed by atoms with Crippen LogP contribution in [0, 0.1) is 25.7 Å². The van der Waals surface area contributed by atoms with Crippen molar-refractivity contribution in [2.75, 3.05) is 13.1 Å². The molecule has 4 rings (SSSR count). The van der Waals surface area contributed by atoms with Crippen molar-refractivity contribution in [3.05, 3.63) is 93.5 Å². The monoisotopic (exact) mass is 663 g/mol. The number of halogens is 1. The zero-order chi connectivity index (χ0) is 32.2. The van der Waals surface area contributed by atoms with E-state index in [1.807, 2.05) is 77.1 Å². The van der Waals surface area contributed by atoms with E-state index >= 15 is 0 Å². The number of carbonyl (C=O) groups is 3. The van der Waals surface area contributed by atoms with Crippen molar-refractivity contribution in [2.45, 2.75) is 72.5 Å². The molecule has 44 heavy (non-hydrogen) atoms. The van der Waals surface area contributed by atoms with Gasteiger partial charge in [-0.15, -0.1) is 0 Å². The summed E-state index contributed by atoms with van der Waals surface area (Å²) in [6.07, 6.45) is 0.978. The molecule has 0 saturated carbocycles. The van der Waals surface area contributed by atoms with E-state index in [0.29, 0.717) is 43.0 Å². The van der Waals surface area contributed by atoms with Crippen molar-refractivity contribution in [3.63, 3.8) is 0 Å². The molecule has 234 valence electrons. The summed E-state index contributed by atoms with van der Waals surface area (Å²) in [4.78, 5) is 41.2. The highest BCUT2D eigenvalue weighted by Crippen LogP contribution is 2.34. The number of ketones is 1. The number of Topliss-reactive ketones (excluding diaryl/α,β-unsaturated/α-hetero) is 1. The summed E-state index contributed by atoms with van der Waals surface area (Å²) < 4.78 is 18.3. The Hall–Kier alpha value is -3.65. The predicted octanol–water partition coefficient (Wildman–Crippen LogP) is 8.13. The topological polar surface area (TPSA) is 82.1 Å². The zero-order valence-corrected chi connectivity index (χ0v) is 28.2. The second kappa shape index (κ2) is 13.6. The first-order valence-corrected chi connectivity index (χ1v) is 15.8. The number of likely N-dealkylation sites (tertiary alicyclic amines) is 1. The predicted molar refractivity (Wildman–Crippen MR) is 174 cm³/mol. The summed E-state index contributed by atoms with van der Waals surface area (Å²) >= 11 is 3.44. The molecule has 3 aromatic carbocycles. The molecule has 0 aliphatic carbocycles. The summed E-state index contributed by atoms with van der Waals surface area (Å²) in [5.41, 5.74) is 1.78. The summed E-state index contributed by atoms with van der Waals surface area (Å²) in [7, 11) is 0. The molecule has 0 spiro atoms. The van der Waals surface area contributed by atoms with E-state index in [0.717, 1.165) is 21.2 Å². The fraction of sp³-hybridized carbons (Fsp3) is 0.417. The summed E-state index contributed by atoms with van der Waals surface area (Å²) in [5.74, 6) is 0.336. The maximum atomic E-state index is 13.7. The standard InChI is InChI=1S/C36H42BrNO6/c1-23-19-25(20-24(2)32(23)43-36(6,7)33(40)44-35(3,4)5)13-14-27-21-38(34(41)42-29-11-9-8-10-12-29)22-30(27)31(39)26-15-17-28(37)18-16-26/h8-12,15-20,27,30H,13-14,21-22H2,1-7H3. The summed E-state index contributed by atoms with van der Waals surface area (Å²) in [5, 5.41) is 0. The number of benzene rings is 3. The Labute approximate surface area is 269 Å². The van der Waals surface area contributed by atoms with Crippen molar-refractivity contribution in [1.82, 2.24) is 4.90 Å². The number of esters is 1. The highest BCUT2D eigenvalue weighted by Gasteiger charge is 2.40. The third-order valence-corrected chi connectivity index (χ3v) is 8.21. The Bertz CT molecular complexity index is 1470. The van der Waals surface area contributed by atoms with E-state index in [-0.39, 0.29) is 17.6 Å². The van der Waals surface area contributed by atoms with Gasteiger partial charge in [0, 0.05) is 29.0 Å². The number of rotatable bonds is 9. The van der Waals surface area contributed by atoms with Crippen LogP contribution in [0.25, 0.3) is 0 Å². The molecule has 2 unspecified atom stereocenters. The lowest BCUT2D eigenvalue weighted by molar-refractivity contribution is -0.171. The van der Waals surface area contributed by atoms with Crippen LogP contribution in [0.3, 0.4) is 0 Å². The quantitative estimate of drug-likeness (QED) is 0.170. The Balaban J connectivity index is 1.50. The van der Waals surface area contributed by atoms with Crippen LogP contribution in [0.15, 0.2) is 71.2 Å². The maximum absolute atomic E-state index is 13.7. The Kier molecular flexibility index (Phi) is 10.2. The van der Waals surface area contributed by atoms with Gasteiger partial charge in [-0.05, 0) is 108 Å². The summed E-state index contributed by atoms with van der Waals surface area (Å²) in [6.45, 7) is 13.6. The molecule has 2 atom stereocenters. The second-order valence-electron chi connectivity index (χ2n) is 13.0. The molecular formula is C36H42BrNO6. The molecule has 8 heteroatoms. The Morgan fingerprint density at radius 2 is 1.50 bits per heavy atom. The summed E-state index contributed by atoms with van der Waals surface area (Å²) in [6, 6.07) is 20.4. The fourth-order valence-electron chi connectivity index (χ4n) is 5.49. The molecule has 0 bridgehead atoms. The van der Waals surface area contributed by atoms with Crippen molar-refractivity contribution in [3.8, 4) is 11.5 Å². The number of hydrogen-bond acceptors (Lipinski definition) is 6. The largest absolute Gasteiger partial charge is 0.476 e. The molecule has 3 aromatic rings. The van der Waals surface area contributed by atoms with E-state index < -0.39 is 23.3 Å². The number of ether oxygens (including phenoxy) is 3. The lowest BCUT2D eigenvalue weighted by Gasteiger charge is -2.30. The maximum Gasteiger partial charge on any atom is 0.415 e. The van der Waals surface area contributed by atoms with Gasteiger partial charge in [0.05, 0.1) is 0 Å². The fourth-order valence-corrected chi connectivity index (χ4v) is 5.75. The minimum Gasteiger partial charge on any atom is -0.476 e. The number of carbonyl (C=O) groups excluding carboxylic acids is 3. The van der Waals surface area contributed by atoms with Gasteiger partial charge in [0.1, 0.15) is 17.1 Å². The molecule has 0 aromatic heterocycles. The van der Waals surface area contributed by atoms with E-state index in [1.165, 1.54) is 0 Å². The van der Waals surface area contributed by atoms with Gasteiger partial charge >= 0.3 is 12.1 Å². The highest BCUT2D eigenvalue weighted by atomic mass is 79.9. The van der Waals surface area contributed by atoms with Gasteiger partial charge in [0.15, 0.2) is 11.4 Å². The van der Waals surface area contributed by atoms with Crippen molar-refractivity contribution < 1.29 is 28.6 Å². The number of nitrogens with zero attached hydrogens (tertiary/aromatic N) is 1. The second-order valence-corrected chi connectivity index (χ2v) is 14.0. The van der Waals surface area contributed by atoms with Crippen LogP contribution in [0.4, 0.5) is 4.79 Å². The third-order valence-electron chi connectivity index (χ3n) is 7.68. The smallest absolute Gasteiger partial charge is 0.415 e. The van der Waals surface area contributed by atoms with E-state index in [4.69, 9.17) is 14.2 Å². The van der Waals surface area contributed by atoms with Crippen LogP contribution in [-0.2, 0) is 16.0 Å². The highest BCUT2D eigenvalue weighted by molar-refractivity contribution is 9.10.